The zero-order valence-electron chi connectivity index (χ0n) is 12.0. The van der Waals surface area contributed by atoms with Crippen LogP contribution in [0.4, 0.5) is 0 Å². The van der Waals surface area contributed by atoms with Crippen LogP contribution in [0.5, 0.6) is 5.75 Å². The summed E-state index contributed by atoms with van der Waals surface area (Å²) in [6, 6.07) is 8.02. The van der Waals surface area contributed by atoms with Crippen molar-refractivity contribution in [3.05, 3.63) is 47.6 Å². The molecule has 106 valence electrons. The molecule has 0 unspecified atom stereocenters. The van der Waals surface area contributed by atoms with Crippen LogP contribution in [0.25, 0.3) is 5.57 Å². The molecule has 3 heteroatoms. The average Bonchev–Trinajstić information content (AvgIpc) is 2.48. The summed E-state index contributed by atoms with van der Waals surface area (Å²) in [4.78, 5) is 11.5. The normalized spacial score (nSPS) is 16.7. The van der Waals surface area contributed by atoms with E-state index in [1.807, 2.05) is 19.1 Å². The molecule has 20 heavy (non-hydrogen) atoms. The van der Waals surface area contributed by atoms with Gasteiger partial charge in [-0.05, 0) is 55.0 Å². The fourth-order valence-corrected chi connectivity index (χ4v) is 2.33. The number of methoxy groups -OCH3 is 1. The van der Waals surface area contributed by atoms with E-state index in [1.54, 1.807) is 13.2 Å². The van der Waals surface area contributed by atoms with E-state index in [2.05, 4.69) is 18.2 Å². The van der Waals surface area contributed by atoms with Gasteiger partial charge < -0.3 is 9.47 Å². The average molecular weight is 272 g/mol. The minimum Gasteiger partial charge on any atom is -0.497 e. The Bertz CT molecular complexity index is 524. The molecule has 0 bridgehead atoms. The molecule has 0 amide bonds. The first kappa shape index (κ1) is 14.4. The van der Waals surface area contributed by atoms with Gasteiger partial charge in [0, 0.05) is 6.08 Å². The monoisotopic (exact) mass is 272 g/mol. The lowest BCUT2D eigenvalue weighted by molar-refractivity contribution is -0.137. The second kappa shape index (κ2) is 6.94. The number of allylic oxidation sites excluding steroid dienone is 3. The van der Waals surface area contributed by atoms with E-state index >= 15 is 0 Å². The van der Waals surface area contributed by atoms with Crippen molar-refractivity contribution in [1.29, 1.82) is 0 Å². The van der Waals surface area contributed by atoms with Crippen LogP contribution >= 0.6 is 0 Å². The summed E-state index contributed by atoms with van der Waals surface area (Å²) in [7, 11) is 1.66. The maximum atomic E-state index is 11.5. The fraction of sp³-hybridized carbons (Fsp3) is 0.353. The van der Waals surface area contributed by atoms with E-state index < -0.39 is 0 Å². The molecule has 0 fully saturated rings. The van der Waals surface area contributed by atoms with E-state index in [1.165, 1.54) is 11.1 Å². The SMILES string of the molecule is CCOC(=O)/C=C1/C=C(c2ccc(OC)cc2)CCC1. The molecular formula is C17H20O3. The molecule has 0 aromatic heterocycles. The summed E-state index contributed by atoms with van der Waals surface area (Å²) in [5.41, 5.74) is 3.48. The Balaban J connectivity index is 2.18. The van der Waals surface area contributed by atoms with Gasteiger partial charge >= 0.3 is 5.97 Å². The first-order valence-corrected chi connectivity index (χ1v) is 6.95. The lowest BCUT2D eigenvalue weighted by Crippen LogP contribution is -2.02. The lowest BCUT2D eigenvalue weighted by Gasteiger charge is -2.15. The van der Waals surface area contributed by atoms with Crippen LogP contribution in [0, 0.1) is 0 Å². The number of hydrogen-bond acceptors (Lipinski definition) is 3. The number of benzene rings is 1. The quantitative estimate of drug-likeness (QED) is 0.618. The Morgan fingerprint density at radius 3 is 2.65 bits per heavy atom. The first-order chi connectivity index (χ1) is 9.72. The number of carbonyl (C=O) groups is 1. The molecule has 0 saturated carbocycles. The van der Waals surface area contributed by atoms with Gasteiger partial charge in [0.25, 0.3) is 0 Å². The minimum atomic E-state index is -0.255. The predicted molar refractivity (Wildman–Crippen MR) is 79.5 cm³/mol. The Morgan fingerprint density at radius 1 is 1.25 bits per heavy atom. The standard InChI is InChI=1S/C17H20O3/c1-3-20-17(18)12-13-5-4-6-15(11-13)14-7-9-16(19-2)10-8-14/h7-12H,3-6H2,1-2H3/b13-12+. The molecule has 1 aromatic carbocycles. The van der Waals surface area contributed by atoms with Crippen molar-refractivity contribution in [1.82, 2.24) is 0 Å². The lowest BCUT2D eigenvalue weighted by atomic mass is 9.90. The second-order valence-corrected chi connectivity index (χ2v) is 4.72. The molecule has 1 aliphatic carbocycles. The van der Waals surface area contributed by atoms with Gasteiger partial charge in [0.15, 0.2) is 0 Å². The third kappa shape index (κ3) is 3.73. The van der Waals surface area contributed by atoms with Crippen LogP contribution in [-0.4, -0.2) is 19.7 Å². The van der Waals surface area contributed by atoms with E-state index in [4.69, 9.17) is 9.47 Å². The molecule has 1 aromatic rings. The third-order valence-electron chi connectivity index (χ3n) is 3.32. The van der Waals surface area contributed by atoms with E-state index in [9.17, 15) is 4.79 Å². The molecule has 0 spiro atoms. The largest absolute Gasteiger partial charge is 0.497 e. The van der Waals surface area contributed by atoms with Crippen molar-refractivity contribution >= 4 is 11.5 Å². The number of esters is 1. The summed E-state index contributed by atoms with van der Waals surface area (Å²) in [6.45, 7) is 2.23. The molecule has 0 saturated heterocycles. The van der Waals surface area contributed by atoms with E-state index in [-0.39, 0.29) is 5.97 Å². The number of hydrogen-bond donors (Lipinski definition) is 0. The molecule has 1 aliphatic rings. The molecule has 3 nitrogen and oxygen atoms in total. The Labute approximate surface area is 119 Å². The number of rotatable bonds is 4. The van der Waals surface area contributed by atoms with Crippen LogP contribution in [0.1, 0.15) is 31.7 Å². The highest BCUT2D eigenvalue weighted by molar-refractivity contribution is 5.84. The molecule has 2 rings (SSSR count). The summed E-state index contributed by atoms with van der Waals surface area (Å²) >= 11 is 0. The maximum Gasteiger partial charge on any atom is 0.331 e. The van der Waals surface area contributed by atoms with Crippen LogP contribution in [0.3, 0.4) is 0 Å². The fourth-order valence-electron chi connectivity index (χ4n) is 2.33. The van der Waals surface area contributed by atoms with Crippen molar-refractivity contribution in [2.24, 2.45) is 0 Å². The molecule has 0 aliphatic heterocycles. The van der Waals surface area contributed by atoms with Crippen LogP contribution in [-0.2, 0) is 9.53 Å². The van der Waals surface area contributed by atoms with Gasteiger partial charge in [-0.25, -0.2) is 4.79 Å². The highest BCUT2D eigenvalue weighted by Crippen LogP contribution is 2.30. The zero-order chi connectivity index (χ0) is 14.4. The molecule has 0 radical (unpaired) electrons. The smallest absolute Gasteiger partial charge is 0.331 e. The molecule has 0 N–H and O–H groups in total. The molecule has 0 heterocycles. The molecular weight excluding hydrogens is 252 g/mol. The zero-order valence-corrected chi connectivity index (χ0v) is 12.0. The van der Waals surface area contributed by atoms with Crippen LogP contribution < -0.4 is 4.74 Å². The topological polar surface area (TPSA) is 35.5 Å². The number of carbonyl (C=O) groups excluding carboxylic acids is 1. The Kier molecular flexibility index (Phi) is 4.99. The van der Waals surface area contributed by atoms with Crippen LogP contribution in [0.15, 0.2) is 42.0 Å². The Hall–Kier alpha value is -2.03. The van der Waals surface area contributed by atoms with Crippen molar-refractivity contribution in [3.8, 4) is 5.75 Å². The van der Waals surface area contributed by atoms with Gasteiger partial charge in [0.2, 0.25) is 0 Å². The number of ether oxygens (including phenoxy) is 2. The minimum absolute atomic E-state index is 0.255. The van der Waals surface area contributed by atoms with E-state index in [0.717, 1.165) is 30.6 Å². The van der Waals surface area contributed by atoms with Gasteiger partial charge in [-0.3, -0.25) is 0 Å². The predicted octanol–water partition coefficient (Wildman–Crippen LogP) is 3.75. The van der Waals surface area contributed by atoms with Crippen molar-refractivity contribution in [2.45, 2.75) is 26.2 Å². The Morgan fingerprint density at radius 2 is 2.00 bits per heavy atom. The highest BCUT2D eigenvalue weighted by atomic mass is 16.5. The molecule has 0 atom stereocenters. The third-order valence-corrected chi connectivity index (χ3v) is 3.32. The van der Waals surface area contributed by atoms with Gasteiger partial charge in [0.1, 0.15) is 5.75 Å². The van der Waals surface area contributed by atoms with Gasteiger partial charge in [0.05, 0.1) is 13.7 Å². The summed E-state index contributed by atoms with van der Waals surface area (Å²) in [5.74, 6) is 0.599. The van der Waals surface area contributed by atoms with E-state index in [0.29, 0.717) is 6.61 Å². The first-order valence-electron chi connectivity index (χ1n) is 6.95. The van der Waals surface area contributed by atoms with Crippen molar-refractivity contribution in [2.75, 3.05) is 13.7 Å². The highest BCUT2D eigenvalue weighted by Gasteiger charge is 2.11. The summed E-state index contributed by atoms with van der Waals surface area (Å²) < 4.78 is 10.1. The maximum absolute atomic E-state index is 11.5. The van der Waals surface area contributed by atoms with Crippen molar-refractivity contribution < 1.29 is 14.3 Å². The van der Waals surface area contributed by atoms with Gasteiger partial charge in [-0.2, -0.15) is 0 Å². The second-order valence-electron chi connectivity index (χ2n) is 4.72. The van der Waals surface area contributed by atoms with Crippen molar-refractivity contribution in [3.63, 3.8) is 0 Å². The van der Waals surface area contributed by atoms with Crippen LogP contribution in [0.2, 0.25) is 0 Å². The summed E-state index contributed by atoms with van der Waals surface area (Å²) in [5, 5.41) is 0. The van der Waals surface area contributed by atoms with Gasteiger partial charge in [-0.15, -0.1) is 0 Å². The summed E-state index contributed by atoms with van der Waals surface area (Å²) in [6.07, 6.45) is 6.72. The van der Waals surface area contributed by atoms with Gasteiger partial charge in [-0.1, -0.05) is 18.2 Å².